The van der Waals surface area contributed by atoms with Gasteiger partial charge >= 0.3 is 0 Å². The smallest absolute Gasteiger partial charge is 0.252 e. The van der Waals surface area contributed by atoms with Crippen molar-refractivity contribution in [2.45, 2.75) is 62.2 Å². The Balaban J connectivity index is 0.980. The lowest BCUT2D eigenvalue weighted by Gasteiger charge is -2.45. The molecule has 7 aromatic rings. The van der Waals surface area contributed by atoms with Crippen LogP contribution in [-0.4, -0.2) is 6.71 Å². The van der Waals surface area contributed by atoms with E-state index >= 15 is 0 Å². The zero-order chi connectivity index (χ0) is 38.2. The maximum absolute atomic E-state index is 2.66. The Morgan fingerprint density at radius 1 is 0.441 bits per heavy atom. The van der Waals surface area contributed by atoms with Crippen molar-refractivity contribution >= 4 is 57.2 Å². The molecule has 0 aromatic heterocycles. The standard InChI is InChI=1S/C56H45BN2/c1-2-11-38(12-3-1)59-51-20-10-19-50-53(51)57(48-28-27-46-52(54(48)59)41-14-5-7-16-44(41)56(46)33-35-22-24-37(56)30-35)47-17-8-9-18-49(47)58(50)39-25-26-45-42(31-39)40-13-4-6-15-43(40)55(45)32-34-21-23-36(55)29-34/h1-20,25-28,31,34-37H,21-24,29-30,32-33H2/t34-,35-,36+,37+,55-,56+/m0/s1. The highest BCUT2D eigenvalue weighted by molar-refractivity contribution is 7.00. The van der Waals surface area contributed by atoms with Crippen LogP contribution < -0.4 is 26.2 Å². The van der Waals surface area contributed by atoms with Crippen LogP contribution in [0.4, 0.5) is 34.1 Å². The molecule has 8 aliphatic rings. The van der Waals surface area contributed by atoms with Crippen molar-refractivity contribution in [3.05, 3.63) is 174 Å². The van der Waals surface area contributed by atoms with Gasteiger partial charge in [0.25, 0.3) is 6.71 Å². The van der Waals surface area contributed by atoms with Gasteiger partial charge in [-0.3, -0.25) is 0 Å². The summed E-state index contributed by atoms with van der Waals surface area (Å²) in [5.41, 5.74) is 24.5. The first-order chi connectivity index (χ1) is 29.2. The Labute approximate surface area is 347 Å². The molecule has 4 bridgehead atoms. The number of hydrogen-bond acceptors (Lipinski definition) is 2. The average Bonchev–Trinajstić information content (AvgIpc) is 4.17. The van der Waals surface area contributed by atoms with Gasteiger partial charge in [-0.25, -0.2) is 0 Å². The Kier molecular flexibility index (Phi) is 6.02. The number of hydrogen-bond donors (Lipinski definition) is 0. The summed E-state index contributed by atoms with van der Waals surface area (Å²) in [6, 6.07) is 59.5. The molecule has 7 aromatic carbocycles. The Bertz CT molecular complexity index is 2990. The number of benzene rings is 7. The van der Waals surface area contributed by atoms with Crippen molar-refractivity contribution in [2.75, 3.05) is 9.80 Å². The summed E-state index contributed by atoms with van der Waals surface area (Å²) in [5.74, 6) is 3.19. The highest BCUT2D eigenvalue weighted by Gasteiger charge is 2.59. The van der Waals surface area contributed by atoms with Gasteiger partial charge in [0.15, 0.2) is 0 Å². The minimum Gasteiger partial charge on any atom is -0.311 e. The van der Waals surface area contributed by atoms with Gasteiger partial charge < -0.3 is 9.80 Å². The summed E-state index contributed by atoms with van der Waals surface area (Å²) in [7, 11) is 0. The van der Waals surface area contributed by atoms with Gasteiger partial charge in [0.2, 0.25) is 0 Å². The second-order valence-corrected chi connectivity index (χ2v) is 19.6. The van der Waals surface area contributed by atoms with Crippen molar-refractivity contribution < 1.29 is 0 Å². The van der Waals surface area contributed by atoms with Gasteiger partial charge in [-0.15, -0.1) is 0 Å². The third-order valence-electron chi connectivity index (χ3n) is 17.4. The van der Waals surface area contributed by atoms with E-state index in [2.05, 4.69) is 161 Å². The predicted molar refractivity (Wildman–Crippen MR) is 244 cm³/mol. The van der Waals surface area contributed by atoms with Gasteiger partial charge in [-0.2, -0.15) is 0 Å². The first-order valence-corrected chi connectivity index (χ1v) is 22.6. The fourth-order valence-corrected chi connectivity index (χ4v) is 15.5. The summed E-state index contributed by atoms with van der Waals surface area (Å²) in [6.45, 7) is 0.116. The zero-order valence-electron chi connectivity index (χ0n) is 33.4. The van der Waals surface area contributed by atoms with Crippen molar-refractivity contribution in [1.82, 2.24) is 0 Å². The molecule has 2 spiro atoms. The van der Waals surface area contributed by atoms with E-state index in [9.17, 15) is 0 Å². The summed E-state index contributed by atoms with van der Waals surface area (Å²) in [4.78, 5) is 5.27. The Morgan fingerprint density at radius 3 is 1.80 bits per heavy atom. The van der Waals surface area contributed by atoms with Gasteiger partial charge in [0.1, 0.15) is 0 Å². The number of rotatable bonds is 2. The van der Waals surface area contributed by atoms with Crippen LogP contribution in [0.1, 0.15) is 73.6 Å². The maximum Gasteiger partial charge on any atom is 0.252 e. The lowest BCUT2D eigenvalue weighted by molar-refractivity contribution is 0.327. The molecule has 282 valence electrons. The second-order valence-electron chi connectivity index (χ2n) is 19.6. The molecule has 0 amide bonds. The third-order valence-corrected chi connectivity index (χ3v) is 17.4. The molecule has 0 N–H and O–H groups in total. The molecule has 15 rings (SSSR count). The first-order valence-electron chi connectivity index (χ1n) is 22.6. The molecule has 3 heteroatoms. The number of para-hydroxylation sites is 2. The molecule has 4 fully saturated rings. The summed E-state index contributed by atoms with van der Waals surface area (Å²) < 4.78 is 0. The molecule has 2 nitrogen and oxygen atoms in total. The molecular formula is C56H45BN2. The molecule has 0 saturated heterocycles. The zero-order valence-corrected chi connectivity index (χ0v) is 33.4. The van der Waals surface area contributed by atoms with Gasteiger partial charge in [0, 0.05) is 50.5 Å². The number of nitrogens with zero attached hydrogens (tertiary/aromatic N) is 2. The minimum atomic E-state index is 0.116. The molecule has 2 aliphatic heterocycles. The van der Waals surface area contributed by atoms with Crippen LogP contribution in [0.3, 0.4) is 0 Å². The van der Waals surface area contributed by atoms with E-state index in [0.29, 0.717) is 0 Å². The highest BCUT2D eigenvalue weighted by Crippen LogP contribution is 2.68. The molecule has 2 heterocycles. The quantitative estimate of drug-likeness (QED) is 0.162. The second kappa shape index (κ2) is 11.1. The molecular weight excluding hydrogens is 711 g/mol. The molecule has 6 aliphatic carbocycles. The van der Waals surface area contributed by atoms with Gasteiger partial charge in [0.05, 0.1) is 0 Å². The van der Waals surface area contributed by atoms with Crippen molar-refractivity contribution in [3.63, 3.8) is 0 Å². The molecule has 0 radical (unpaired) electrons. The Morgan fingerprint density at radius 2 is 1.05 bits per heavy atom. The molecule has 4 saturated carbocycles. The molecule has 0 unspecified atom stereocenters. The van der Waals surface area contributed by atoms with Crippen LogP contribution in [0.2, 0.25) is 0 Å². The van der Waals surface area contributed by atoms with Crippen LogP contribution in [0.5, 0.6) is 0 Å². The first kappa shape index (κ1) is 32.1. The average molecular weight is 757 g/mol. The fraction of sp³-hybridized carbons (Fsp3) is 0.250. The van der Waals surface area contributed by atoms with Crippen LogP contribution in [0.25, 0.3) is 22.3 Å². The minimum absolute atomic E-state index is 0.116. The molecule has 6 atom stereocenters. The van der Waals surface area contributed by atoms with E-state index in [-0.39, 0.29) is 17.5 Å². The number of anilines is 6. The van der Waals surface area contributed by atoms with Crippen LogP contribution in [-0.2, 0) is 10.8 Å². The maximum atomic E-state index is 2.66. The largest absolute Gasteiger partial charge is 0.311 e. The van der Waals surface area contributed by atoms with E-state index in [1.54, 1.807) is 22.3 Å². The van der Waals surface area contributed by atoms with Gasteiger partial charge in [-0.1, -0.05) is 122 Å². The lowest BCUT2D eigenvalue weighted by Crippen LogP contribution is -2.61. The van der Waals surface area contributed by atoms with Gasteiger partial charge in [-0.05, 0) is 160 Å². The van der Waals surface area contributed by atoms with E-state index in [1.165, 1.54) is 124 Å². The summed E-state index contributed by atoms with van der Waals surface area (Å²) in [6.07, 6.45) is 10.9. The van der Waals surface area contributed by atoms with E-state index in [4.69, 9.17) is 0 Å². The highest BCUT2D eigenvalue weighted by atomic mass is 15.2. The van der Waals surface area contributed by atoms with E-state index < -0.39 is 0 Å². The number of fused-ring (bicyclic) bond motifs is 21. The van der Waals surface area contributed by atoms with Crippen molar-refractivity contribution in [2.24, 2.45) is 23.7 Å². The summed E-state index contributed by atoms with van der Waals surface area (Å²) >= 11 is 0. The summed E-state index contributed by atoms with van der Waals surface area (Å²) in [5, 5.41) is 0. The predicted octanol–water partition coefficient (Wildman–Crippen LogP) is 11.9. The lowest BCUT2D eigenvalue weighted by atomic mass is 9.33. The van der Waals surface area contributed by atoms with Crippen LogP contribution in [0, 0.1) is 23.7 Å². The SMILES string of the molecule is c1ccc(N2c3cccc4c3B(c3ccccc3N4c3ccc4c(c3)-c3ccccc3[C@@]43C[C@H]4CC[C@@H]3C4)c3ccc4c(c32)-c2ccccc2[C@]42C[C@H]3CC[C@@H]2C3)cc1. The Hall–Kier alpha value is -5.80. The normalized spacial score (nSPS) is 27.5. The van der Waals surface area contributed by atoms with Crippen LogP contribution >= 0.6 is 0 Å². The van der Waals surface area contributed by atoms with Crippen LogP contribution in [0.15, 0.2) is 152 Å². The van der Waals surface area contributed by atoms with Crippen molar-refractivity contribution in [1.29, 1.82) is 0 Å². The van der Waals surface area contributed by atoms with E-state index in [0.717, 1.165) is 23.7 Å². The fourth-order valence-electron chi connectivity index (χ4n) is 15.5. The monoisotopic (exact) mass is 756 g/mol. The van der Waals surface area contributed by atoms with E-state index in [1.807, 2.05) is 0 Å². The topological polar surface area (TPSA) is 6.48 Å². The molecule has 59 heavy (non-hydrogen) atoms. The third kappa shape index (κ3) is 3.75. The van der Waals surface area contributed by atoms with Crippen molar-refractivity contribution in [3.8, 4) is 22.3 Å².